The number of hydrogen-bond acceptors (Lipinski definition) is 4. The van der Waals surface area contributed by atoms with Gasteiger partial charge in [-0.15, -0.1) is 0 Å². The zero-order chi connectivity index (χ0) is 16.2. The van der Waals surface area contributed by atoms with Gasteiger partial charge in [-0.05, 0) is 43.9 Å². The summed E-state index contributed by atoms with van der Waals surface area (Å²) in [6.45, 7) is 0.239. The van der Waals surface area contributed by atoms with Crippen LogP contribution < -0.4 is 4.72 Å². The third kappa shape index (κ3) is 4.84. The van der Waals surface area contributed by atoms with Crippen molar-refractivity contribution in [3.05, 3.63) is 59.0 Å². The molecule has 120 valence electrons. The van der Waals surface area contributed by atoms with Crippen LogP contribution in [0.15, 0.2) is 47.1 Å². The van der Waals surface area contributed by atoms with Gasteiger partial charge in [-0.25, -0.2) is 13.1 Å². The summed E-state index contributed by atoms with van der Waals surface area (Å²) in [5.74, 6) is 0.613. The predicted molar refractivity (Wildman–Crippen MR) is 87.2 cm³/mol. The molecule has 1 N–H and O–H groups in total. The Kier molecular flexibility index (Phi) is 5.63. The molecule has 5 nitrogen and oxygen atoms in total. The minimum absolute atomic E-state index is 0.105. The van der Waals surface area contributed by atoms with E-state index in [4.69, 9.17) is 16.0 Å². The molecule has 0 saturated heterocycles. The lowest BCUT2D eigenvalue weighted by Gasteiger charge is -2.22. The molecule has 1 atom stereocenters. The van der Waals surface area contributed by atoms with Gasteiger partial charge in [-0.3, -0.25) is 4.90 Å². The molecule has 2 rings (SSSR count). The summed E-state index contributed by atoms with van der Waals surface area (Å²) < 4.78 is 32.4. The molecule has 0 aliphatic carbocycles. The molecule has 0 saturated carbocycles. The van der Waals surface area contributed by atoms with Crippen LogP contribution in [0.5, 0.6) is 0 Å². The summed E-state index contributed by atoms with van der Waals surface area (Å²) in [5, 5.41) is 0.523. The topological polar surface area (TPSA) is 62.6 Å². The molecule has 1 unspecified atom stereocenters. The number of benzene rings is 1. The molecule has 0 bridgehead atoms. The maximum absolute atomic E-state index is 12.2. The Balaban J connectivity index is 2.02. The molecule has 0 fully saturated rings. The lowest BCUT2D eigenvalue weighted by Crippen LogP contribution is -2.35. The second-order valence-corrected chi connectivity index (χ2v) is 7.48. The smallest absolute Gasteiger partial charge is 0.215 e. The molecule has 0 amide bonds. The molecule has 0 spiro atoms. The van der Waals surface area contributed by atoms with Gasteiger partial charge in [0.05, 0.1) is 18.1 Å². The van der Waals surface area contributed by atoms with Gasteiger partial charge in [0.2, 0.25) is 10.0 Å². The van der Waals surface area contributed by atoms with Gasteiger partial charge in [0.1, 0.15) is 5.76 Å². The highest BCUT2D eigenvalue weighted by molar-refractivity contribution is 7.88. The molecule has 22 heavy (non-hydrogen) atoms. The molecule has 2 aromatic rings. The maximum Gasteiger partial charge on any atom is 0.215 e. The van der Waals surface area contributed by atoms with Crippen molar-refractivity contribution < 1.29 is 12.8 Å². The average Bonchev–Trinajstić information content (AvgIpc) is 2.91. The molecule has 7 heteroatoms. The number of furan rings is 1. The third-order valence-corrected chi connectivity index (χ3v) is 4.79. The molecular weight excluding hydrogens is 324 g/mol. The first kappa shape index (κ1) is 17.0. The van der Waals surface area contributed by atoms with Gasteiger partial charge in [0, 0.05) is 11.6 Å². The summed E-state index contributed by atoms with van der Waals surface area (Å²) in [4.78, 5) is 1.90. The highest BCUT2D eigenvalue weighted by Crippen LogP contribution is 2.18. The highest BCUT2D eigenvalue weighted by atomic mass is 35.5. The van der Waals surface area contributed by atoms with Crippen molar-refractivity contribution in [1.82, 2.24) is 9.62 Å². The second-order valence-electron chi connectivity index (χ2n) is 5.23. The van der Waals surface area contributed by atoms with Crippen LogP contribution in [0.3, 0.4) is 0 Å². The van der Waals surface area contributed by atoms with Crippen LogP contribution >= 0.6 is 11.6 Å². The SMILES string of the molecule is CN(C)C(CNS(=O)(=O)Cc1cccc(Cl)c1)c1ccco1. The normalized spacial score (nSPS) is 13.5. The summed E-state index contributed by atoms with van der Waals surface area (Å²) >= 11 is 5.88. The van der Waals surface area contributed by atoms with E-state index in [0.29, 0.717) is 10.6 Å². The Morgan fingerprint density at radius 1 is 1.27 bits per heavy atom. The van der Waals surface area contributed by atoms with E-state index in [9.17, 15) is 8.42 Å². The zero-order valence-electron chi connectivity index (χ0n) is 12.5. The van der Waals surface area contributed by atoms with Crippen molar-refractivity contribution in [1.29, 1.82) is 0 Å². The number of sulfonamides is 1. The number of nitrogens with one attached hydrogen (secondary N) is 1. The Morgan fingerprint density at radius 3 is 2.64 bits per heavy atom. The monoisotopic (exact) mass is 342 g/mol. The standard InChI is InChI=1S/C15H19ClN2O3S/c1-18(2)14(15-7-4-8-21-15)10-17-22(19,20)11-12-5-3-6-13(16)9-12/h3-9,14,17H,10-11H2,1-2H3. The number of nitrogens with zero attached hydrogens (tertiary/aromatic N) is 1. The fraction of sp³-hybridized carbons (Fsp3) is 0.333. The lowest BCUT2D eigenvalue weighted by atomic mass is 10.2. The van der Waals surface area contributed by atoms with Crippen LogP contribution in [0.1, 0.15) is 17.4 Å². The Labute approximate surface area is 135 Å². The molecule has 1 aromatic carbocycles. The van der Waals surface area contributed by atoms with Gasteiger partial charge in [0.25, 0.3) is 0 Å². The van der Waals surface area contributed by atoms with E-state index in [1.165, 1.54) is 0 Å². The number of hydrogen-bond donors (Lipinski definition) is 1. The van der Waals surface area contributed by atoms with Crippen LogP contribution in [0.4, 0.5) is 0 Å². The number of likely N-dealkylation sites (N-methyl/N-ethyl adjacent to an activating group) is 1. The van der Waals surface area contributed by atoms with Crippen LogP contribution in [0.25, 0.3) is 0 Å². The van der Waals surface area contributed by atoms with E-state index in [2.05, 4.69) is 4.72 Å². The molecule has 0 aliphatic heterocycles. The molecule has 0 radical (unpaired) electrons. The summed E-state index contributed by atoms with van der Waals surface area (Å²) in [6.07, 6.45) is 1.58. The van der Waals surface area contributed by atoms with Crippen LogP contribution in [-0.2, 0) is 15.8 Å². The maximum atomic E-state index is 12.2. The Morgan fingerprint density at radius 2 is 2.05 bits per heavy atom. The van der Waals surface area contributed by atoms with E-state index in [1.54, 1.807) is 36.6 Å². The van der Waals surface area contributed by atoms with Crippen LogP contribution in [0.2, 0.25) is 5.02 Å². The van der Waals surface area contributed by atoms with Gasteiger partial charge in [-0.1, -0.05) is 23.7 Å². The zero-order valence-corrected chi connectivity index (χ0v) is 14.1. The summed E-state index contributed by atoms with van der Waals surface area (Å²) in [7, 11) is 0.299. The Bertz CT molecular complexity index is 699. The van der Waals surface area contributed by atoms with Gasteiger partial charge >= 0.3 is 0 Å². The average molecular weight is 343 g/mol. The van der Waals surface area contributed by atoms with Crippen LogP contribution in [-0.4, -0.2) is 34.0 Å². The van der Waals surface area contributed by atoms with Crippen molar-refractivity contribution >= 4 is 21.6 Å². The van der Waals surface area contributed by atoms with E-state index >= 15 is 0 Å². The number of halogens is 1. The van der Waals surface area contributed by atoms with Crippen molar-refractivity contribution in [2.75, 3.05) is 20.6 Å². The molecule has 0 aliphatic rings. The van der Waals surface area contributed by atoms with Crippen molar-refractivity contribution in [2.24, 2.45) is 0 Å². The van der Waals surface area contributed by atoms with Gasteiger partial charge < -0.3 is 4.42 Å². The third-order valence-electron chi connectivity index (χ3n) is 3.24. The minimum Gasteiger partial charge on any atom is -0.468 e. The molecule has 1 heterocycles. The van der Waals surface area contributed by atoms with Gasteiger partial charge in [0.15, 0.2) is 0 Å². The van der Waals surface area contributed by atoms with E-state index < -0.39 is 10.0 Å². The number of rotatable bonds is 7. The predicted octanol–water partition coefficient (Wildman–Crippen LogP) is 2.66. The first-order valence-electron chi connectivity index (χ1n) is 6.79. The Hall–Kier alpha value is -1.34. The first-order valence-corrected chi connectivity index (χ1v) is 8.82. The quantitative estimate of drug-likeness (QED) is 0.840. The molecule has 1 aromatic heterocycles. The van der Waals surface area contributed by atoms with Crippen LogP contribution in [0, 0.1) is 0 Å². The summed E-state index contributed by atoms with van der Waals surface area (Å²) in [6, 6.07) is 10.3. The van der Waals surface area contributed by atoms with E-state index in [1.807, 2.05) is 25.1 Å². The van der Waals surface area contributed by atoms with E-state index in [0.717, 1.165) is 5.76 Å². The van der Waals surface area contributed by atoms with E-state index in [-0.39, 0.29) is 18.3 Å². The molecular formula is C15H19ClN2O3S. The summed E-state index contributed by atoms with van der Waals surface area (Å²) in [5.41, 5.74) is 0.652. The highest BCUT2D eigenvalue weighted by Gasteiger charge is 2.20. The first-order chi connectivity index (χ1) is 10.4. The lowest BCUT2D eigenvalue weighted by molar-refractivity contribution is 0.259. The van der Waals surface area contributed by atoms with Crippen molar-refractivity contribution in [3.63, 3.8) is 0 Å². The van der Waals surface area contributed by atoms with Crippen molar-refractivity contribution in [2.45, 2.75) is 11.8 Å². The van der Waals surface area contributed by atoms with Gasteiger partial charge in [-0.2, -0.15) is 0 Å². The minimum atomic E-state index is -3.45. The second kappa shape index (κ2) is 7.28. The van der Waals surface area contributed by atoms with Crippen molar-refractivity contribution in [3.8, 4) is 0 Å². The largest absolute Gasteiger partial charge is 0.468 e. The fourth-order valence-electron chi connectivity index (χ4n) is 2.12. The fourth-order valence-corrected chi connectivity index (χ4v) is 3.47.